The molecule has 44 heavy (non-hydrogen) atoms. The quantitative estimate of drug-likeness (QED) is 0.175. The molecule has 0 aromatic carbocycles. The molecule has 2 unspecified atom stereocenters. The number of rotatable bonds is 2. The first-order valence-corrected chi connectivity index (χ1v) is 18.8. The van der Waals surface area contributed by atoms with E-state index >= 15 is 0 Å². The Labute approximate surface area is 258 Å². The molecule has 7 heterocycles. The fourth-order valence-corrected chi connectivity index (χ4v) is 8.86. The number of hydrogen-bond acceptors (Lipinski definition) is 15. The summed E-state index contributed by atoms with van der Waals surface area (Å²) in [6.07, 6.45) is 0.319. The minimum absolute atomic E-state index is 0.168. The fourth-order valence-electron chi connectivity index (χ4n) is 5.77. The number of anilines is 1. The summed E-state index contributed by atoms with van der Waals surface area (Å²) in [5.74, 6) is -0.798. The van der Waals surface area contributed by atoms with Crippen molar-refractivity contribution in [2.45, 2.75) is 50.6 Å². The van der Waals surface area contributed by atoms with E-state index in [4.69, 9.17) is 33.3 Å². The maximum absolute atomic E-state index is 13.7. The molecule has 3 saturated heterocycles. The second-order valence-corrected chi connectivity index (χ2v) is 16.4. The van der Waals surface area contributed by atoms with Gasteiger partial charge in [-0.2, -0.15) is 9.61 Å². The highest BCUT2D eigenvalue weighted by molar-refractivity contribution is 8.44. The standard InChI is InChI=1S/C22H27N9O9P2S2/c1-9-12-4-35-41(33,43)39-16-10(2)15(11-3-29-31-19(11)25-7-27-22(31)32)37-13(16)5-36-42(34,44)40-17(9)21(38-12)30-8-28-14-18(23)24-6-26-20(14)30/h3,6-10,12-13,15-17,21H,4-5H2,1-2H3,(H,33,43)(H,34,44)(H2,23,24,26)(H,25,27,32)/t9-,10+,12-,13-,15-,16+,17-,21-,41?,42?/m1/s1. The summed E-state index contributed by atoms with van der Waals surface area (Å²) < 4.78 is 65.9. The third-order valence-corrected chi connectivity index (χ3v) is 11.2. The Kier molecular flexibility index (Phi) is 7.67. The Morgan fingerprint density at radius 3 is 2.45 bits per heavy atom. The van der Waals surface area contributed by atoms with E-state index in [0.29, 0.717) is 16.7 Å². The summed E-state index contributed by atoms with van der Waals surface area (Å²) in [5, 5.41) is 4.10. The number of fused-ring (bicyclic) bond motifs is 5. The van der Waals surface area contributed by atoms with Crippen LogP contribution >= 0.6 is 38.1 Å². The molecule has 2 bridgehead atoms. The number of H-pyrrole nitrogens is 1. The number of nitrogens with zero attached hydrogens (tertiary/aromatic N) is 7. The van der Waals surface area contributed by atoms with Gasteiger partial charge >= 0.3 is 19.3 Å². The minimum atomic E-state index is -4.09. The molecule has 0 spiro atoms. The number of imidazole rings is 1. The van der Waals surface area contributed by atoms with Crippen LogP contribution in [0.2, 0.25) is 0 Å². The van der Waals surface area contributed by atoms with Crippen LogP contribution in [0.25, 0.3) is 16.8 Å². The van der Waals surface area contributed by atoms with Crippen LogP contribution in [0.1, 0.15) is 31.7 Å². The molecule has 0 radical (unpaired) electrons. The summed E-state index contributed by atoms with van der Waals surface area (Å²) >= 11 is 8.50. The summed E-state index contributed by atoms with van der Waals surface area (Å²) in [4.78, 5) is 31.4. The van der Waals surface area contributed by atoms with Crippen LogP contribution < -0.4 is 11.4 Å². The Hall–Kier alpha value is -2.38. The van der Waals surface area contributed by atoms with E-state index in [1.807, 2.05) is 0 Å². The van der Waals surface area contributed by atoms with Gasteiger partial charge in [-0.05, 0) is 0 Å². The first-order chi connectivity index (χ1) is 20.9. The van der Waals surface area contributed by atoms with Crippen LogP contribution in [-0.4, -0.2) is 76.7 Å². The average molecular weight is 688 g/mol. The second-order valence-electron chi connectivity index (χ2n) is 10.7. The maximum atomic E-state index is 13.7. The number of nitrogens with one attached hydrogen (secondary N) is 1. The molecule has 0 amide bonds. The van der Waals surface area contributed by atoms with E-state index in [1.54, 1.807) is 18.4 Å². The largest absolute Gasteiger partial charge is 0.386 e. The molecular formula is C22H27N9O9P2S2. The van der Waals surface area contributed by atoms with Gasteiger partial charge in [-0.3, -0.25) is 27.6 Å². The van der Waals surface area contributed by atoms with Gasteiger partial charge in [0.1, 0.15) is 30.2 Å². The highest BCUT2D eigenvalue weighted by Crippen LogP contribution is 2.61. The fraction of sp³-hybridized carbons (Fsp3) is 0.545. The molecule has 0 aliphatic carbocycles. The van der Waals surface area contributed by atoms with E-state index in [1.165, 1.54) is 25.2 Å². The van der Waals surface area contributed by atoms with Gasteiger partial charge in [-0.25, -0.2) is 33.9 Å². The molecule has 4 aromatic rings. The van der Waals surface area contributed by atoms with Crippen molar-refractivity contribution in [3.8, 4) is 0 Å². The third-order valence-electron chi connectivity index (χ3n) is 8.00. The predicted octanol–water partition coefficient (Wildman–Crippen LogP) is 2.34. The molecule has 0 saturated carbocycles. The highest BCUT2D eigenvalue weighted by Gasteiger charge is 2.51. The highest BCUT2D eigenvalue weighted by atomic mass is 32.7. The van der Waals surface area contributed by atoms with Crippen molar-refractivity contribution >= 4 is 60.7 Å². The first kappa shape index (κ1) is 30.3. The van der Waals surface area contributed by atoms with Crippen LogP contribution in [0.15, 0.2) is 30.0 Å². The van der Waals surface area contributed by atoms with Crippen molar-refractivity contribution in [1.29, 1.82) is 0 Å². The van der Waals surface area contributed by atoms with Gasteiger partial charge in [0.15, 0.2) is 23.3 Å². The van der Waals surface area contributed by atoms with Gasteiger partial charge in [0, 0.05) is 17.4 Å². The average Bonchev–Trinajstić information content (AvgIpc) is 3.73. The SMILES string of the molecule is C[C@@H]1[C@@H]2OP(=O)(S)OC[C@H]3O[C@@H](n4cnc5c(N)ncnc54)[C@H](OP(=O)(S)OC[C@H]2O[C@H]1c1cnn2c(=O)[nH]cnc12)[C@@H]3C. The molecule has 7 rings (SSSR count). The van der Waals surface area contributed by atoms with Gasteiger partial charge in [0.2, 0.25) is 0 Å². The van der Waals surface area contributed by atoms with Crippen molar-refractivity contribution in [2.24, 2.45) is 11.8 Å². The Balaban J connectivity index is 1.20. The Morgan fingerprint density at radius 1 is 0.955 bits per heavy atom. The zero-order chi connectivity index (χ0) is 31.0. The van der Waals surface area contributed by atoms with Crippen LogP contribution in [-0.2, 0) is 36.7 Å². The molecule has 3 fully saturated rings. The van der Waals surface area contributed by atoms with Gasteiger partial charge < -0.3 is 15.2 Å². The van der Waals surface area contributed by atoms with Crippen LogP contribution in [0, 0.1) is 11.8 Å². The lowest BCUT2D eigenvalue weighted by atomic mass is 9.95. The number of nitrogens with two attached hydrogens (primary N) is 1. The number of aromatic nitrogens is 8. The van der Waals surface area contributed by atoms with Crippen LogP contribution in [0.5, 0.6) is 0 Å². The molecule has 10 atom stereocenters. The topological polar surface area (TPSA) is 222 Å². The molecule has 3 aliphatic rings. The second kappa shape index (κ2) is 11.2. The van der Waals surface area contributed by atoms with Gasteiger partial charge in [0.25, 0.3) is 0 Å². The monoisotopic (exact) mass is 687 g/mol. The van der Waals surface area contributed by atoms with Crippen molar-refractivity contribution in [1.82, 2.24) is 39.1 Å². The van der Waals surface area contributed by atoms with Crippen LogP contribution in [0.3, 0.4) is 0 Å². The molecule has 22 heteroatoms. The van der Waals surface area contributed by atoms with E-state index in [9.17, 15) is 13.9 Å². The molecule has 236 valence electrons. The van der Waals surface area contributed by atoms with E-state index < -0.39 is 67.9 Å². The normalized spacial score (nSPS) is 38.3. The molecule has 18 nitrogen and oxygen atoms in total. The van der Waals surface area contributed by atoms with Crippen molar-refractivity contribution < 1.29 is 36.7 Å². The smallest absolute Gasteiger partial charge is 0.382 e. The summed E-state index contributed by atoms with van der Waals surface area (Å²) in [6.45, 7) is -5.08. The maximum Gasteiger partial charge on any atom is 0.386 e. The van der Waals surface area contributed by atoms with Gasteiger partial charge in [0.05, 0.1) is 44.3 Å². The number of thiol groups is 2. The number of ether oxygens (including phenoxy) is 2. The molecule has 4 aromatic heterocycles. The van der Waals surface area contributed by atoms with E-state index in [0.717, 1.165) is 4.52 Å². The first-order valence-electron chi connectivity index (χ1n) is 13.4. The van der Waals surface area contributed by atoms with Crippen molar-refractivity contribution in [2.75, 3.05) is 18.9 Å². The zero-order valence-electron chi connectivity index (χ0n) is 23.0. The summed E-state index contributed by atoms with van der Waals surface area (Å²) in [6, 6.07) is 0. The Morgan fingerprint density at radius 2 is 1.68 bits per heavy atom. The minimum Gasteiger partial charge on any atom is -0.382 e. The van der Waals surface area contributed by atoms with E-state index in [2.05, 4.69) is 54.5 Å². The van der Waals surface area contributed by atoms with Crippen molar-refractivity contribution in [3.63, 3.8) is 0 Å². The number of hydrogen-bond donors (Lipinski definition) is 4. The molecular weight excluding hydrogens is 660 g/mol. The number of nitrogen functional groups attached to an aromatic ring is 1. The molecule has 3 aliphatic heterocycles. The Bertz CT molecular complexity index is 1890. The zero-order valence-corrected chi connectivity index (χ0v) is 26.6. The lowest BCUT2D eigenvalue weighted by molar-refractivity contribution is -0.0515. The summed E-state index contributed by atoms with van der Waals surface area (Å²) in [5.41, 5.74) is 6.92. The number of aromatic amines is 1. The van der Waals surface area contributed by atoms with Gasteiger partial charge in [-0.1, -0.05) is 38.3 Å². The third kappa shape index (κ3) is 5.30. The van der Waals surface area contributed by atoms with Crippen molar-refractivity contribution in [3.05, 3.63) is 41.2 Å². The van der Waals surface area contributed by atoms with Crippen LogP contribution in [0.4, 0.5) is 5.82 Å². The van der Waals surface area contributed by atoms with Gasteiger partial charge in [-0.15, -0.1) is 0 Å². The predicted molar refractivity (Wildman–Crippen MR) is 158 cm³/mol. The lowest BCUT2D eigenvalue weighted by Crippen LogP contribution is -2.31. The molecule has 3 N–H and O–H groups in total. The summed E-state index contributed by atoms with van der Waals surface area (Å²) in [7, 11) is 0. The lowest BCUT2D eigenvalue weighted by Gasteiger charge is -2.27. The van der Waals surface area contributed by atoms with E-state index in [-0.39, 0.29) is 24.7 Å².